The molecule has 4 aromatic carbocycles. The van der Waals surface area contributed by atoms with Gasteiger partial charge in [0, 0.05) is 36.7 Å². The Labute approximate surface area is 312 Å². The molecule has 274 valence electrons. The van der Waals surface area contributed by atoms with Gasteiger partial charge in [-0.1, -0.05) is 91.9 Å². The first-order valence-electron chi connectivity index (χ1n) is 18.7. The number of hydrogen-bond donors (Lipinski definition) is 1. The molecule has 0 unspecified atom stereocenters. The summed E-state index contributed by atoms with van der Waals surface area (Å²) in [4.78, 5) is 47.9. The molecule has 10 heteroatoms. The lowest BCUT2D eigenvalue weighted by Gasteiger charge is -2.39. The van der Waals surface area contributed by atoms with Gasteiger partial charge in [0.2, 0.25) is 11.8 Å². The normalized spacial score (nSPS) is 25.0. The number of anilines is 2. The number of rotatable bonds is 9. The Morgan fingerprint density at radius 3 is 2.34 bits per heavy atom. The minimum atomic E-state index is -2.53. The van der Waals surface area contributed by atoms with Crippen LogP contribution >= 0.6 is 0 Å². The number of amides is 3. The van der Waals surface area contributed by atoms with Crippen molar-refractivity contribution in [3.8, 4) is 5.75 Å². The van der Waals surface area contributed by atoms with Gasteiger partial charge in [0.05, 0.1) is 52.6 Å². The zero-order valence-electron chi connectivity index (χ0n) is 30.8. The van der Waals surface area contributed by atoms with E-state index in [0.29, 0.717) is 32.5 Å². The van der Waals surface area contributed by atoms with Crippen molar-refractivity contribution in [2.24, 2.45) is 5.92 Å². The van der Waals surface area contributed by atoms with Gasteiger partial charge in [-0.05, 0) is 59.0 Å². The highest BCUT2D eigenvalue weighted by atomic mass is 28.3. The maximum Gasteiger partial charge on any atom is 0.264 e. The van der Waals surface area contributed by atoms with Crippen molar-refractivity contribution >= 4 is 42.4 Å². The molecule has 0 aliphatic carbocycles. The topological polar surface area (TPSA) is 99.6 Å². The molecule has 4 aromatic rings. The van der Waals surface area contributed by atoms with Gasteiger partial charge in [0.1, 0.15) is 5.75 Å². The first-order valence-corrected chi connectivity index (χ1v) is 21.7. The summed E-state index contributed by atoms with van der Waals surface area (Å²) in [6.45, 7) is 8.01. The van der Waals surface area contributed by atoms with Crippen molar-refractivity contribution < 1.29 is 29.0 Å². The molecule has 4 heterocycles. The van der Waals surface area contributed by atoms with E-state index in [9.17, 15) is 14.7 Å². The van der Waals surface area contributed by atoms with E-state index in [4.69, 9.17) is 9.47 Å². The van der Waals surface area contributed by atoms with Crippen LogP contribution in [0.5, 0.6) is 5.75 Å². The summed E-state index contributed by atoms with van der Waals surface area (Å²) in [7, 11) is -0.873. The van der Waals surface area contributed by atoms with Crippen LogP contribution in [0.2, 0.25) is 18.6 Å². The molecule has 0 aromatic heterocycles. The smallest absolute Gasteiger partial charge is 0.264 e. The number of carbonyl (C=O) groups excluding carboxylic acids is 3. The second kappa shape index (κ2) is 13.6. The van der Waals surface area contributed by atoms with Crippen molar-refractivity contribution in [1.29, 1.82) is 0 Å². The third kappa shape index (κ3) is 5.78. The van der Waals surface area contributed by atoms with Crippen LogP contribution in [-0.4, -0.2) is 68.2 Å². The molecule has 0 saturated carbocycles. The van der Waals surface area contributed by atoms with E-state index in [1.54, 1.807) is 16.9 Å². The predicted molar refractivity (Wildman–Crippen MR) is 207 cm³/mol. The Morgan fingerprint density at radius 2 is 1.68 bits per heavy atom. The molecule has 9 nitrogen and oxygen atoms in total. The summed E-state index contributed by atoms with van der Waals surface area (Å²) >= 11 is 0. The zero-order valence-corrected chi connectivity index (χ0v) is 31.8. The molecular weight excluding hydrogens is 683 g/mol. The lowest BCUT2D eigenvalue weighted by atomic mass is 9.82. The molecule has 0 radical (unpaired) electrons. The van der Waals surface area contributed by atoms with Crippen LogP contribution in [0.1, 0.15) is 42.0 Å². The fraction of sp³-hybridized carbons (Fsp3) is 0.372. The van der Waals surface area contributed by atoms with Crippen molar-refractivity contribution in [1.82, 2.24) is 4.90 Å². The minimum absolute atomic E-state index is 0.0563. The molecule has 2 fully saturated rings. The number of methoxy groups -OCH3 is 1. The Morgan fingerprint density at radius 1 is 0.962 bits per heavy atom. The number of nitrogens with zero attached hydrogens (tertiary/aromatic N) is 3. The SMILES string of the molecule is COc1ccc([Si](C)(C)[C@H]2[C@H](CC(=O)N3Cc4ccccc4C[C@H]3CO)O[C@@]3(C(=O)N(Cc4ccccc4)c4ccc(N5CCC5=O)cc43)[C@@H]2C)cc1. The summed E-state index contributed by atoms with van der Waals surface area (Å²) in [6.07, 6.45) is 0.574. The number of benzene rings is 4. The molecule has 0 bridgehead atoms. The van der Waals surface area contributed by atoms with Crippen LogP contribution in [0, 0.1) is 5.92 Å². The second-order valence-corrected chi connectivity index (χ2v) is 20.3. The molecule has 8 rings (SSSR count). The standard InChI is InChI=1S/C43H47N3O6Si/c1-28-41(53(3,4)35-17-15-34(51-2)16-18-35)38(24-40(49)45-26-31-13-9-8-12-30(31)22-33(45)27-47)52-43(28)36-23-32(44-21-20-39(44)48)14-19-37(36)46(42(43)50)25-29-10-6-5-7-11-29/h5-19,23,28,33,38,41,47H,20-22,24-27H2,1-4H3/t28-,33+,38+,41-,43+/m1/s1. The van der Waals surface area contributed by atoms with Crippen LogP contribution in [0.4, 0.5) is 11.4 Å². The fourth-order valence-electron chi connectivity index (χ4n) is 9.51. The van der Waals surface area contributed by atoms with Crippen molar-refractivity contribution in [2.75, 3.05) is 30.1 Å². The molecule has 5 atom stereocenters. The Bertz CT molecular complexity index is 2050. The monoisotopic (exact) mass is 729 g/mol. The Balaban J connectivity index is 1.23. The maximum atomic E-state index is 15.3. The Kier molecular flexibility index (Phi) is 9.03. The average Bonchev–Trinajstić information content (AvgIpc) is 3.59. The maximum absolute atomic E-state index is 15.3. The second-order valence-electron chi connectivity index (χ2n) is 15.6. The van der Waals surface area contributed by atoms with Crippen LogP contribution in [-0.2, 0) is 44.2 Å². The number of carbonyl (C=O) groups is 3. The zero-order chi connectivity index (χ0) is 37.1. The number of hydrogen-bond acceptors (Lipinski definition) is 6. The summed E-state index contributed by atoms with van der Waals surface area (Å²) in [5.41, 5.74) is 3.98. The highest BCUT2D eigenvalue weighted by Crippen LogP contribution is 2.60. The average molecular weight is 730 g/mol. The quantitative estimate of drug-likeness (QED) is 0.180. The molecule has 2 saturated heterocycles. The molecule has 53 heavy (non-hydrogen) atoms. The summed E-state index contributed by atoms with van der Waals surface area (Å²) in [5.74, 6) is 0.275. The van der Waals surface area contributed by atoms with E-state index in [-0.39, 0.29) is 48.3 Å². The molecule has 4 aliphatic heterocycles. The van der Waals surface area contributed by atoms with Crippen molar-refractivity contribution in [3.63, 3.8) is 0 Å². The number of β-lactam (4-membered cyclic amide) rings is 1. The van der Waals surface area contributed by atoms with Gasteiger partial charge in [-0.2, -0.15) is 0 Å². The summed E-state index contributed by atoms with van der Waals surface area (Å²) < 4.78 is 12.8. The first-order chi connectivity index (χ1) is 25.6. The fourth-order valence-corrected chi connectivity index (χ4v) is 13.5. The van der Waals surface area contributed by atoms with Crippen LogP contribution in [0.3, 0.4) is 0 Å². The van der Waals surface area contributed by atoms with Gasteiger partial charge >= 0.3 is 0 Å². The summed E-state index contributed by atoms with van der Waals surface area (Å²) in [6, 6.07) is 31.7. The van der Waals surface area contributed by atoms with Crippen LogP contribution in [0.25, 0.3) is 0 Å². The van der Waals surface area contributed by atoms with Crippen LogP contribution in [0.15, 0.2) is 97.1 Å². The van der Waals surface area contributed by atoms with E-state index in [1.807, 2.05) is 83.8 Å². The number of aliphatic hydroxyl groups excluding tert-OH is 1. The van der Waals surface area contributed by atoms with Crippen molar-refractivity contribution in [3.05, 3.63) is 119 Å². The van der Waals surface area contributed by atoms with Gasteiger partial charge in [0.15, 0.2) is 5.60 Å². The predicted octanol–water partition coefficient (Wildman–Crippen LogP) is 5.53. The lowest BCUT2D eigenvalue weighted by Crippen LogP contribution is -2.52. The highest BCUT2D eigenvalue weighted by Gasteiger charge is 2.66. The van der Waals surface area contributed by atoms with E-state index in [1.165, 1.54) is 5.19 Å². The van der Waals surface area contributed by atoms with E-state index >= 15 is 4.79 Å². The minimum Gasteiger partial charge on any atom is -0.497 e. The summed E-state index contributed by atoms with van der Waals surface area (Å²) in [5, 5.41) is 11.7. The number of fused-ring (bicyclic) bond motifs is 3. The van der Waals surface area contributed by atoms with E-state index < -0.39 is 19.8 Å². The van der Waals surface area contributed by atoms with Gasteiger partial charge in [-0.25, -0.2) is 0 Å². The van der Waals surface area contributed by atoms with Crippen LogP contribution < -0.4 is 19.7 Å². The van der Waals surface area contributed by atoms with Crippen molar-refractivity contribution in [2.45, 2.75) is 75.7 Å². The molecule has 4 aliphatic rings. The number of aliphatic hydroxyl groups is 1. The largest absolute Gasteiger partial charge is 0.497 e. The van der Waals surface area contributed by atoms with E-state index in [0.717, 1.165) is 39.4 Å². The first kappa shape index (κ1) is 35.3. The van der Waals surface area contributed by atoms with Gasteiger partial charge in [-0.3, -0.25) is 14.4 Å². The molecule has 1 spiro atoms. The van der Waals surface area contributed by atoms with Gasteiger partial charge in [-0.15, -0.1) is 0 Å². The van der Waals surface area contributed by atoms with Gasteiger partial charge in [0.25, 0.3) is 5.91 Å². The third-order valence-electron chi connectivity index (χ3n) is 12.4. The van der Waals surface area contributed by atoms with E-state index in [2.05, 4.69) is 38.2 Å². The molecular formula is C43H47N3O6Si. The third-order valence-corrected chi connectivity index (χ3v) is 16.8. The lowest BCUT2D eigenvalue weighted by molar-refractivity contribution is -0.151. The number of ether oxygens (including phenoxy) is 2. The molecule has 3 amide bonds. The Hall–Kier alpha value is -4.77. The van der Waals surface area contributed by atoms with Gasteiger partial charge < -0.3 is 29.3 Å². The highest BCUT2D eigenvalue weighted by molar-refractivity contribution is 6.91. The molecule has 1 N–H and O–H groups in total.